The fourth-order valence-corrected chi connectivity index (χ4v) is 5.30. The van der Waals surface area contributed by atoms with Crippen molar-refractivity contribution in [2.45, 2.75) is 36.5 Å². The lowest BCUT2D eigenvalue weighted by Gasteiger charge is -2.36. The standard InChI is InChI=1S/C27H29NO5S/c1-15-24(27(30)33-4)25(16-6-9-19(34-5)10-7-16)26-20(28-15)12-18(13-21(26)29)17-8-11-22(31-2)23(14-17)32-3/h6-11,14,18,25,28H,12-13H2,1-5H3/t18-,25+/m1/s1. The van der Waals surface area contributed by atoms with Crippen LogP contribution in [0.5, 0.6) is 11.5 Å². The number of esters is 1. The molecule has 2 aliphatic rings. The van der Waals surface area contributed by atoms with Crippen LogP contribution in [0.1, 0.15) is 42.7 Å². The summed E-state index contributed by atoms with van der Waals surface area (Å²) in [5, 5.41) is 3.36. The molecule has 34 heavy (non-hydrogen) atoms. The molecule has 0 spiro atoms. The average Bonchev–Trinajstić information content (AvgIpc) is 2.86. The van der Waals surface area contributed by atoms with E-state index >= 15 is 0 Å². The lowest BCUT2D eigenvalue weighted by Crippen LogP contribution is -2.36. The molecule has 2 atom stereocenters. The van der Waals surface area contributed by atoms with Crippen LogP contribution in [0.3, 0.4) is 0 Å². The number of thioether (sulfide) groups is 1. The van der Waals surface area contributed by atoms with E-state index in [-0.39, 0.29) is 11.7 Å². The second kappa shape index (κ2) is 9.97. The summed E-state index contributed by atoms with van der Waals surface area (Å²) in [5.41, 5.74) is 4.63. The zero-order chi connectivity index (χ0) is 24.4. The second-order valence-corrected chi connectivity index (χ2v) is 9.28. The van der Waals surface area contributed by atoms with E-state index in [1.54, 1.807) is 26.0 Å². The molecule has 0 amide bonds. The SMILES string of the molecule is COC(=O)C1=C(C)NC2=C(C(=O)C[C@H](c3ccc(OC)c(OC)c3)C2)[C@H]1c1ccc(SC)cc1. The molecular formula is C27H29NO5S. The van der Waals surface area contributed by atoms with Crippen molar-refractivity contribution in [2.75, 3.05) is 27.6 Å². The van der Waals surface area contributed by atoms with Crippen LogP contribution >= 0.6 is 11.8 Å². The maximum atomic E-state index is 13.6. The van der Waals surface area contributed by atoms with Gasteiger partial charge in [0, 0.05) is 34.2 Å². The first-order valence-electron chi connectivity index (χ1n) is 11.1. The van der Waals surface area contributed by atoms with Crippen LogP contribution in [-0.4, -0.2) is 39.3 Å². The Kier molecular flexibility index (Phi) is 7.03. The lowest BCUT2D eigenvalue weighted by atomic mass is 9.71. The number of dihydropyridines is 1. The van der Waals surface area contributed by atoms with Gasteiger partial charge in [-0.05, 0) is 60.9 Å². The van der Waals surface area contributed by atoms with E-state index < -0.39 is 11.9 Å². The van der Waals surface area contributed by atoms with Crippen LogP contribution < -0.4 is 14.8 Å². The highest BCUT2D eigenvalue weighted by molar-refractivity contribution is 7.98. The smallest absolute Gasteiger partial charge is 0.336 e. The lowest BCUT2D eigenvalue weighted by molar-refractivity contribution is -0.136. The molecule has 0 saturated heterocycles. The predicted molar refractivity (Wildman–Crippen MR) is 132 cm³/mol. The Labute approximate surface area is 204 Å². The summed E-state index contributed by atoms with van der Waals surface area (Å²) in [5.74, 6) is 0.426. The number of Topliss-reactive ketones (excluding diaryl/α,β-unsaturated/α-hetero) is 1. The van der Waals surface area contributed by atoms with Crippen LogP contribution in [0, 0.1) is 0 Å². The zero-order valence-corrected chi connectivity index (χ0v) is 20.9. The van der Waals surface area contributed by atoms with Gasteiger partial charge in [0.1, 0.15) is 0 Å². The number of benzene rings is 2. The molecule has 2 aromatic rings. The summed E-state index contributed by atoms with van der Waals surface area (Å²) in [6.45, 7) is 1.86. The minimum Gasteiger partial charge on any atom is -0.493 e. The van der Waals surface area contributed by atoms with Crippen molar-refractivity contribution in [3.8, 4) is 11.5 Å². The van der Waals surface area contributed by atoms with E-state index in [1.807, 2.05) is 55.6 Å². The Bertz CT molecular complexity index is 1180. The fourth-order valence-electron chi connectivity index (χ4n) is 4.89. The molecule has 4 rings (SSSR count). The van der Waals surface area contributed by atoms with Crippen LogP contribution in [0.4, 0.5) is 0 Å². The third-order valence-electron chi connectivity index (χ3n) is 6.56. The maximum absolute atomic E-state index is 13.6. The minimum absolute atomic E-state index is 0.00875. The first-order valence-corrected chi connectivity index (χ1v) is 12.3. The first kappa shape index (κ1) is 24.0. The third kappa shape index (κ3) is 4.32. The Morgan fingerprint density at radius 2 is 1.65 bits per heavy atom. The summed E-state index contributed by atoms with van der Waals surface area (Å²) in [6, 6.07) is 13.8. The topological polar surface area (TPSA) is 73.9 Å². The summed E-state index contributed by atoms with van der Waals surface area (Å²) in [6.07, 6.45) is 3.02. The van der Waals surface area contributed by atoms with E-state index in [1.165, 1.54) is 7.11 Å². The average molecular weight is 480 g/mol. The molecule has 0 saturated carbocycles. The Hall–Kier alpha value is -3.19. The number of nitrogens with one attached hydrogen (secondary N) is 1. The van der Waals surface area contributed by atoms with E-state index in [0.29, 0.717) is 41.2 Å². The highest BCUT2D eigenvalue weighted by atomic mass is 32.2. The Balaban J connectivity index is 1.77. The minimum atomic E-state index is -0.460. The fraction of sp³-hybridized carbons (Fsp3) is 0.333. The molecule has 0 fully saturated rings. The van der Waals surface area contributed by atoms with E-state index in [0.717, 1.165) is 21.7 Å². The molecule has 0 unspecified atom stereocenters. The number of hydrogen-bond acceptors (Lipinski definition) is 7. The zero-order valence-electron chi connectivity index (χ0n) is 20.1. The van der Waals surface area contributed by atoms with Gasteiger partial charge in [-0.25, -0.2) is 4.79 Å². The molecule has 1 N–H and O–H groups in total. The molecule has 1 aliphatic heterocycles. The molecule has 6 nitrogen and oxygen atoms in total. The Morgan fingerprint density at radius 3 is 2.26 bits per heavy atom. The van der Waals surface area contributed by atoms with E-state index in [4.69, 9.17) is 14.2 Å². The summed E-state index contributed by atoms with van der Waals surface area (Å²) < 4.78 is 15.9. The Morgan fingerprint density at radius 1 is 0.971 bits per heavy atom. The number of ether oxygens (including phenoxy) is 3. The number of ketones is 1. The van der Waals surface area contributed by atoms with Crippen LogP contribution in [0.15, 0.2) is 69.9 Å². The summed E-state index contributed by atoms with van der Waals surface area (Å²) >= 11 is 1.65. The summed E-state index contributed by atoms with van der Waals surface area (Å²) in [7, 11) is 4.58. The van der Waals surface area contributed by atoms with Crippen LogP contribution in [0.2, 0.25) is 0 Å². The van der Waals surface area contributed by atoms with Gasteiger partial charge >= 0.3 is 5.97 Å². The number of rotatable bonds is 6. The largest absolute Gasteiger partial charge is 0.493 e. The highest BCUT2D eigenvalue weighted by Crippen LogP contribution is 2.46. The van der Waals surface area contributed by atoms with Crippen molar-refractivity contribution in [3.05, 3.63) is 76.1 Å². The summed E-state index contributed by atoms with van der Waals surface area (Å²) in [4.78, 5) is 27.5. The van der Waals surface area contributed by atoms with Crippen LogP contribution in [-0.2, 0) is 14.3 Å². The molecular weight excluding hydrogens is 450 g/mol. The third-order valence-corrected chi connectivity index (χ3v) is 7.30. The molecule has 0 bridgehead atoms. The number of carbonyl (C=O) groups is 2. The highest BCUT2D eigenvalue weighted by Gasteiger charge is 2.41. The normalized spacial score (nSPS) is 20.0. The quantitative estimate of drug-likeness (QED) is 0.464. The van der Waals surface area contributed by atoms with Crippen molar-refractivity contribution in [3.63, 3.8) is 0 Å². The van der Waals surface area contributed by atoms with Crippen molar-refractivity contribution < 1.29 is 23.8 Å². The van der Waals surface area contributed by atoms with Gasteiger partial charge in [0.2, 0.25) is 0 Å². The number of methoxy groups -OCH3 is 3. The monoisotopic (exact) mass is 479 g/mol. The number of allylic oxidation sites excluding steroid dienone is 3. The van der Waals surface area contributed by atoms with Gasteiger partial charge in [-0.15, -0.1) is 11.8 Å². The number of hydrogen-bond donors (Lipinski definition) is 1. The predicted octanol–water partition coefficient (Wildman–Crippen LogP) is 4.96. The molecule has 0 radical (unpaired) electrons. The van der Waals surface area contributed by atoms with E-state index in [9.17, 15) is 9.59 Å². The second-order valence-electron chi connectivity index (χ2n) is 8.40. The van der Waals surface area contributed by atoms with Gasteiger partial charge in [0.25, 0.3) is 0 Å². The van der Waals surface area contributed by atoms with Crippen molar-refractivity contribution in [1.29, 1.82) is 0 Å². The first-order chi connectivity index (χ1) is 16.4. The molecule has 1 aliphatic carbocycles. The van der Waals surface area contributed by atoms with Gasteiger partial charge in [0.15, 0.2) is 17.3 Å². The van der Waals surface area contributed by atoms with Crippen molar-refractivity contribution >= 4 is 23.5 Å². The molecule has 178 valence electrons. The maximum Gasteiger partial charge on any atom is 0.336 e. The van der Waals surface area contributed by atoms with Gasteiger partial charge in [-0.3, -0.25) is 4.79 Å². The van der Waals surface area contributed by atoms with Gasteiger partial charge in [-0.1, -0.05) is 18.2 Å². The molecule has 1 heterocycles. The van der Waals surface area contributed by atoms with Crippen molar-refractivity contribution in [1.82, 2.24) is 5.32 Å². The van der Waals surface area contributed by atoms with Crippen molar-refractivity contribution in [2.24, 2.45) is 0 Å². The number of carbonyl (C=O) groups excluding carboxylic acids is 2. The van der Waals surface area contributed by atoms with Gasteiger partial charge in [0.05, 0.1) is 26.9 Å². The van der Waals surface area contributed by atoms with Gasteiger partial charge < -0.3 is 19.5 Å². The van der Waals surface area contributed by atoms with Crippen LogP contribution in [0.25, 0.3) is 0 Å². The van der Waals surface area contributed by atoms with E-state index in [2.05, 4.69) is 5.32 Å². The molecule has 2 aromatic carbocycles. The molecule has 7 heteroatoms. The van der Waals surface area contributed by atoms with Gasteiger partial charge in [-0.2, -0.15) is 0 Å². The molecule has 0 aromatic heterocycles.